The van der Waals surface area contributed by atoms with Gasteiger partial charge in [-0.2, -0.15) is 0 Å². The van der Waals surface area contributed by atoms with E-state index in [1.54, 1.807) is 18.3 Å². The van der Waals surface area contributed by atoms with Gasteiger partial charge in [-0.1, -0.05) is 24.3 Å². The van der Waals surface area contributed by atoms with Gasteiger partial charge in [-0.05, 0) is 73.7 Å². The highest BCUT2D eigenvalue weighted by molar-refractivity contribution is 7.93. The summed E-state index contributed by atoms with van der Waals surface area (Å²) in [5.74, 6) is -0.260. The van der Waals surface area contributed by atoms with E-state index >= 15 is 0 Å². The number of amides is 1. The molecule has 7 nitrogen and oxygen atoms in total. The number of rotatable bonds is 9. The highest BCUT2D eigenvalue weighted by Gasteiger charge is 2.51. The number of nitrogens with two attached hydrogens (primary N) is 1. The van der Waals surface area contributed by atoms with Crippen LogP contribution >= 0.6 is 0 Å². The highest BCUT2D eigenvalue weighted by Crippen LogP contribution is 2.35. The molecule has 0 radical (unpaired) electrons. The van der Waals surface area contributed by atoms with E-state index in [-0.39, 0.29) is 31.0 Å². The summed E-state index contributed by atoms with van der Waals surface area (Å²) in [6, 6.07) is 20.3. The average molecular weight is 481 g/mol. The summed E-state index contributed by atoms with van der Waals surface area (Å²) in [4.78, 5) is 16.6. The van der Waals surface area contributed by atoms with E-state index in [2.05, 4.69) is 17.1 Å². The molecule has 2 N–H and O–H groups in total. The third-order valence-electron chi connectivity index (χ3n) is 6.16. The fraction of sp³-hybridized carbons (Fsp3) is 0.308. The molecule has 4 rings (SSSR count). The molecule has 1 saturated heterocycles. The van der Waals surface area contributed by atoms with E-state index in [4.69, 9.17) is 15.2 Å². The maximum Gasteiger partial charge on any atom is 0.239 e. The number of hydrogen-bond donors (Lipinski definition) is 1. The molecule has 1 fully saturated rings. The molecule has 2 heterocycles. The molecular weight excluding hydrogens is 452 g/mol. The van der Waals surface area contributed by atoms with Crippen molar-refractivity contribution in [3.8, 4) is 17.0 Å². The SMILES string of the molecule is NC(=O)C1(S(=O)(=O)c2ccc(OCCCc3cccc(-c4ccccn4)c3)cc2)CCOCC1. The molecule has 3 aromatic rings. The zero-order chi connectivity index (χ0) is 24.0. The Morgan fingerprint density at radius 3 is 2.47 bits per heavy atom. The molecule has 0 spiro atoms. The van der Waals surface area contributed by atoms with Crippen LogP contribution in [0.5, 0.6) is 5.75 Å². The third-order valence-corrected chi connectivity index (χ3v) is 8.70. The first-order valence-corrected chi connectivity index (χ1v) is 12.8. The molecule has 0 saturated carbocycles. The van der Waals surface area contributed by atoms with Crippen LogP contribution in [0.4, 0.5) is 0 Å². The molecule has 34 heavy (non-hydrogen) atoms. The van der Waals surface area contributed by atoms with E-state index in [1.165, 1.54) is 17.7 Å². The molecule has 178 valence electrons. The minimum Gasteiger partial charge on any atom is -0.494 e. The summed E-state index contributed by atoms with van der Waals surface area (Å²) in [6.07, 6.45) is 3.55. The van der Waals surface area contributed by atoms with E-state index in [0.29, 0.717) is 12.4 Å². The summed E-state index contributed by atoms with van der Waals surface area (Å²) >= 11 is 0. The fourth-order valence-corrected chi connectivity index (χ4v) is 6.09. The van der Waals surface area contributed by atoms with Crippen LogP contribution < -0.4 is 10.5 Å². The number of primary amides is 1. The normalized spacial score (nSPS) is 15.5. The Morgan fingerprint density at radius 1 is 1.03 bits per heavy atom. The zero-order valence-electron chi connectivity index (χ0n) is 18.9. The fourth-order valence-electron chi connectivity index (χ4n) is 4.18. The lowest BCUT2D eigenvalue weighted by molar-refractivity contribution is -0.122. The molecule has 0 bridgehead atoms. The summed E-state index contributed by atoms with van der Waals surface area (Å²) in [5, 5.41) is 0. The summed E-state index contributed by atoms with van der Waals surface area (Å²) in [5.41, 5.74) is 8.74. The van der Waals surface area contributed by atoms with Gasteiger partial charge >= 0.3 is 0 Å². The van der Waals surface area contributed by atoms with Gasteiger partial charge < -0.3 is 15.2 Å². The molecular formula is C26H28N2O5S. The van der Waals surface area contributed by atoms with Gasteiger partial charge in [-0.3, -0.25) is 9.78 Å². The van der Waals surface area contributed by atoms with Gasteiger partial charge in [-0.15, -0.1) is 0 Å². The number of pyridine rings is 1. The molecule has 1 aliphatic heterocycles. The van der Waals surface area contributed by atoms with Crippen molar-refractivity contribution in [1.29, 1.82) is 0 Å². The monoisotopic (exact) mass is 480 g/mol. The molecule has 8 heteroatoms. The second-order valence-corrected chi connectivity index (χ2v) is 10.6. The standard InChI is InChI=1S/C26H28N2O5S/c27-25(29)26(13-17-32-18-14-26)34(30,31)23-11-9-22(10-12-23)33-16-4-6-20-5-3-7-21(19-20)24-8-1-2-15-28-24/h1-3,5,7-12,15,19H,4,6,13-14,16-18H2,(H2,27,29). The largest absolute Gasteiger partial charge is 0.494 e. The van der Waals surface area contributed by atoms with E-state index in [1.807, 2.05) is 30.3 Å². The first-order chi connectivity index (χ1) is 16.4. The average Bonchev–Trinajstić information content (AvgIpc) is 2.88. The van der Waals surface area contributed by atoms with E-state index < -0.39 is 20.5 Å². The van der Waals surface area contributed by atoms with Crippen LogP contribution in [0.25, 0.3) is 11.3 Å². The van der Waals surface area contributed by atoms with E-state index in [0.717, 1.165) is 24.1 Å². The Labute approximate surface area is 199 Å². The first kappa shape index (κ1) is 23.9. The van der Waals surface area contributed by atoms with Crippen LogP contribution in [0.15, 0.2) is 77.8 Å². The number of sulfone groups is 1. The summed E-state index contributed by atoms with van der Waals surface area (Å²) in [7, 11) is -3.94. The topological polar surface area (TPSA) is 109 Å². The molecule has 2 aromatic carbocycles. The van der Waals surface area contributed by atoms with Crippen molar-refractivity contribution in [3.63, 3.8) is 0 Å². The Bertz CT molecular complexity index is 1220. The lowest BCUT2D eigenvalue weighted by Crippen LogP contribution is -2.53. The van der Waals surface area contributed by atoms with Gasteiger partial charge in [0.2, 0.25) is 5.91 Å². The second-order valence-electron chi connectivity index (χ2n) is 8.31. The maximum absolute atomic E-state index is 13.2. The van der Waals surface area contributed by atoms with Crippen LogP contribution in [0, 0.1) is 0 Å². The van der Waals surface area contributed by atoms with Crippen molar-refractivity contribution in [3.05, 3.63) is 78.5 Å². The Balaban J connectivity index is 1.35. The zero-order valence-corrected chi connectivity index (χ0v) is 19.7. The maximum atomic E-state index is 13.2. The van der Waals surface area contributed by atoms with Crippen molar-refractivity contribution in [2.75, 3.05) is 19.8 Å². The third kappa shape index (κ3) is 4.98. The number of hydrogen-bond acceptors (Lipinski definition) is 6. The van der Waals surface area contributed by atoms with Crippen LogP contribution in [0.2, 0.25) is 0 Å². The Morgan fingerprint density at radius 2 is 1.79 bits per heavy atom. The lowest BCUT2D eigenvalue weighted by Gasteiger charge is -2.33. The number of carbonyl (C=O) groups is 1. The molecule has 1 aromatic heterocycles. The number of nitrogens with zero attached hydrogens (tertiary/aromatic N) is 1. The Hall–Kier alpha value is -3.23. The Kier molecular flexibility index (Phi) is 7.29. The summed E-state index contributed by atoms with van der Waals surface area (Å²) in [6.45, 7) is 0.866. The van der Waals surface area contributed by atoms with Gasteiger partial charge in [0, 0.05) is 25.0 Å². The van der Waals surface area contributed by atoms with Gasteiger partial charge in [0.25, 0.3) is 0 Å². The van der Waals surface area contributed by atoms with Crippen molar-refractivity contribution in [2.24, 2.45) is 5.73 Å². The number of carbonyl (C=O) groups excluding carboxylic acids is 1. The molecule has 0 unspecified atom stereocenters. The minimum absolute atomic E-state index is 0.0600. The van der Waals surface area contributed by atoms with Crippen molar-refractivity contribution in [1.82, 2.24) is 4.98 Å². The number of aryl methyl sites for hydroxylation is 1. The van der Waals surface area contributed by atoms with Crippen LogP contribution in [0.1, 0.15) is 24.8 Å². The minimum atomic E-state index is -3.94. The highest BCUT2D eigenvalue weighted by atomic mass is 32.2. The van der Waals surface area contributed by atoms with Gasteiger partial charge in [0.15, 0.2) is 14.6 Å². The van der Waals surface area contributed by atoms with Crippen LogP contribution in [0.3, 0.4) is 0 Å². The smallest absolute Gasteiger partial charge is 0.239 e. The predicted molar refractivity (Wildman–Crippen MR) is 129 cm³/mol. The molecule has 0 atom stereocenters. The van der Waals surface area contributed by atoms with Gasteiger partial charge in [0.1, 0.15) is 5.75 Å². The number of benzene rings is 2. The van der Waals surface area contributed by atoms with Crippen molar-refractivity contribution >= 4 is 15.7 Å². The molecule has 1 amide bonds. The van der Waals surface area contributed by atoms with Gasteiger partial charge in [-0.25, -0.2) is 8.42 Å². The predicted octanol–water partition coefficient (Wildman–Crippen LogP) is 3.57. The number of ether oxygens (including phenoxy) is 2. The molecule has 1 aliphatic rings. The van der Waals surface area contributed by atoms with Gasteiger partial charge in [0.05, 0.1) is 17.2 Å². The van der Waals surface area contributed by atoms with Crippen LogP contribution in [-0.4, -0.2) is 43.9 Å². The molecule has 0 aliphatic carbocycles. The lowest BCUT2D eigenvalue weighted by atomic mass is 9.98. The first-order valence-electron chi connectivity index (χ1n) is 11.3. The number of aromatic nitrogens is 1. The quantitative estimate of drug-likeness (QED) is 0.469. The van der Waals surface area contributed by atoms with Crippen molar-refractivity contribution < 1.29 is 22.7 Å². The second kappa shape index (κ2) is 10.4. The van der Waals surface area contributed by atoms with E-state index in [9.17, 15) is 13.2 Å². The van der Waals surface area contributed by atoms with Crippen molar-refractivity contribution in [2.45, 2.75) is 35.3 Å². The summed E-state index contributed by atoms with van der Waals surface area (Å²) < 4.78 is 35.8. The van der Waals surface area contributed by atoms with Crippen LogP contribution in [-0.2, 0) is 25.8 Å².